The van der Waals surface area contributed by atoms with Crippen molar-refractivity contribution in [1.82, 2.24) is 9.55 Å². The van der Waals surface area contributed by atoms with Crippen LogP contribution in [0.25, 0.3) is 61.0 Å². The van der Waals surface area contributed by atoms with E-state index in [4.69, 9.17) is 21.2 Å². The number of anilines is 4. The van der Waals surface area contributed by atoms with Gasteiger partial charge in [-0.15, -0.1) is 48.1 Å². The Morgan fingerprint density at radius 2 is 1.35 bits per heavy atom. The van der Waals surface area contributed by atoms with Gasteiger partial charge in [-0.25, -0.2) is 4.98 Å². The van der Waals surface area contributed by atoms with E-state index in [1.807, 2.05) is 110 Å². The molecule has 0 amide bonds. The number of nitrogens with zero attached hydrogens (tertiary/aromatic N) is 4. The van der Waals surface area contributed by atoms with Crippen LogP contribution in [0.1, 0.15) is 56.7 Å². The van der Waals surface area contributed by atoms with Crippen LogP contribution in [0.15, 0.2) is 188 Å². The molecule has 0 N–H and O–H groups in total. The largest absolute Gasteiger partial charge is 0.509 e. The summed E-state index contributed by atoms with van der Waals surface area (Å²) in [6.07, 6.45) is 1.34. The summed E-state index contributed by atoms with van der Waals surface area (Å²) in [6.45, 7) is 2.68. The van der Waals surface area contributed by atoms with E-state index >= 15 is 0 Å². The van der Waals surface area contributed by atoms with Crippen LogP contribution in [-0.2, 0) is 26.5 Å². The summed E-state index contributed by atoms with van der Waals surface area (Å²) in [6, 6.07) is 43.4. The van der Waals surface area contributed by atoms with Gasteiger partial charge < -0.3 is 19.1 Å². The maximum atomic E-state index is 9.70. The molecule has 3 heterocycles. The molecular formula is C60H47N4OPt-3. The number of hydrogen-bond donors (Lipinski definition) is 0. The standard InChI is InChI=1S/C60H47N4O.Pt/c1-40-33-34-61-58(35-40)64-54-24-9-8-21-52(54)53-32-31-48(38-57(53)64)65-47-19-13-18-46(37-47)62-39-63(56-26-11-10-25-55(56)62)59-50(43-29-27-42(28-30-43)49-20-7-6-15-41(49)2)22-14-23-51(59)44-16-12-17-45(36-44)60(3,4)5;/h6-36,39H,1-5H3;/q-3;/i1D3,2D3,8D,9D,12D,16D,17D,21D,24D,36D;. The van der Waals surface area contributed by atoms with Crippen LogP contribution < -0.4 is 14.5 Å². The third-order valence-electron chi connectivity index (χ3n) is 11.5. The van der Waals surface area contributed by atoms with Gasteiger partial charge in [0.2, 0.25) is 0 Å². The molecule has 0 bridgehead atoms. The van der Waals surface area contributed by atoms with Crippen molar-refractivity contribution >= 4 is 44.6 Å². The van der Waals surface area contributed by atoms with Gasteiger partial charge in [0.15, 0.2) is 0 Å². The molecule has 5 nitrogen and oxygen atoms in total. The first-order valence-electron chi connectivity index (χ1n) is 28.0. The van der Waals surface area contributed by atoms with E-state index in [0.717, 1.165) is 11.3 Å². The third kappa shape index (κ3) is 7.78. The fourth-order valence-corrected chi connectivity index (χ4v) is 8.34. The molecule has 8 aromatic carbocycles. The van der Waals surface area contributed by atoms with Gasteiger partial charge in [0.1, 0.15) is 5.82 Å². The molecule has 0 spiro atoms. The van der Waals surface area contributed by atoms with Crippen LogP contribution in [0.2, 0.25) is 0 Å². The Bertz CT molecular complexity index is 4110. The van der Waals surface area contributed by atoms with E-state index in [9.17, 15) is 2.74 Å². The van der Waals surface area contributed by atoms with Gasteiger partial charge in [0, 0.05) is 80.7 Å². The summed E-state index contributed by atoms with van der Waals surface area (Å²) >= 11 is 0. The Kier molecular flexibility index (Phi) is 7.70. The number of aryl methyl sites for hydroxylation is 2. The average Bonchev–Trinajstić information content (AvgIpc) is 4.12. The van der Waals surface area contributed by atoms with E-state index in [2.05, 4.69) is 17.1 Å². The SMILES string of the molecule is [2H]c1c([2H])c(-c2cccc(-c3ccc(-c4ccccc4C([2H])([2H])[2H])cc3)c2N2[CH-]N(c3[c-]c(Oc4[c-]c5c(cc4)c4c([2H])c([2H])c([2H])c([2H])c4n5-c4cc(C([2H])([2H])[2H])ccn4)ccc3)c3ccccc32)c([2H])c(C(C)(C)C)c1[2H].[Pt]. The molecule has 0 aliphatic carbocycles. The summed E-state index contributed by atoms with van der Waals surface area (Å²) in [5.74, 6) is 0.553. The van der Waals surface area contributed by atoms with E-state index in [0.29, 0.717) is 50.3 Å². The second kappa shape index (κ2) is 17.3. The predicted octanol–water partition coefficient (Wildman–Crippen LogP) is 15.9. The Morgan fingerprint density at radius 3 is 2.15 bits per heavy atom. The summed E-state index contributed by atoms with van der Waals surface area (Å²) in [5, 5.41) is 0.607. The van der Waals surface area contributed by atoms with Crippen molar-refractivity contribution in [2.75, 3.05) is 9.80 Å². The molecule has 0 unspecified atom stereocenters. The van der Waals surface area contributed by atoms with Crippen LogP contribution in [0.3, 0.4) is 0 Å². The zero-order valence-electron chi connectivity index (χ0n) is 49.9. The Hall–Kier alpha value is -7.20. The molecule has 11 rings (SSSR count). The molecule has 0 fully saturated rings. The maximum Gasteiger partial charge on any atom is 0.135 e. The molecule has 1 aliphatic rings. The summed E-state index contributed by atoms with van der Waals surface area (Å²) in [5.41, 5.74) is 6.08. The van der Waals surface area contributed by atoms with Gasteiger partial charge in [-0.3, -0.25) is 0 Å². The normalized spacial score (nSPS) is 15.8. The van der Waals surface area contributed by atoms with Crippen molar-refractivity contribution in [3.05, 3.63) is 223 Å². The zero-order valence-corrected chi connectivity index (χ0v) is 38.1. The minimum Gasteiger partial charge on any atom is -0.509 e. The van der Waals surface area contributed by atoms with Crippen LogP contribution in [-0.4, -0.2) is 9.55 Å². The molecule has 6 heteroatoms. The minimum atomic E-state index is -2.50. The number of fused-ring (bicyclic) bond motifs is 4. The van der Waals surface area contributed by atoms with E-state index in [1.54, 1.807) is 48.5 Å². The predicted molar refractivity (Wildman–Crippen MR) is 269 cm³/mol. The molecule has 326 valence electrons. The van der Waals surface area contributed by atoms with Gasteiger partial charge in [-0.1, -0.05) is 147 Å². The first kappa shape index (κ1) is 29.4. The van der Waals surface area contributed by atoms with Crippen LogP contribution >= 0.6 is 0 Å². The average molecular weight is 1050 g/mol. The molecule has 66 heavy (non-hydrogen) atoms. The summed E-state index contributed by atoms with van der Waals surface area (Å²) in [4.78, 5) is 8.35. The number of pyridine rings is 1. The second-order valence-electron chi connectivity index (χ2n) is 16.7. The van der Waals surface area contributed by atoms with Crippen molar-refractivity contribution < 1.29 is 45.0 Å². The molecule has 0 saturated carbocycles. The Labute approximate surface area is 421 Å². The van der Waals surface area contributed by atoms with Gasteiger partial charge in [0.05, 0.1) is 11.0 Å². The number of hydrogen-bond acceptors (Lipinski definition) is 4. The van der Waals surface area contributed by atoms with Gasteiger partial charge in [-0.05, 0) is 93.8 Å². The van der Waals surface area contributed by atoms with Crippen molar-refractivity contribution in [1.29, 1.82) is 0 Å². The van der Waals surface area contributed by atoms with Gasteiger partial charge in [0.25, 0.3) is 0 Å². The minimum absolute atomic E-state index is 0. The number of para-hydroxylation sites is 4. The quantitative estimate of drug-likeness (QED) is 0.142. The van der Waals surface area contributed by atoms with Gasteiger partial charge >= 0.3 is 0 Å². The topological polar surface area (TPSA) is 33.5 Å². The monoisotopic (exact) mass is 1050 g/mol. The van der Waals surface area contributed by atoms with E-state index < -0.39 is 31.2 Å². The molecule has 10 aromatic rings. The Morgan fingerprint density at radius 1 is 0.636 bits per heavy atom. The Balaban J connectivity index is 0.00000720. The van der Waals surface area contributed by atoms with Crippen molar-refractivity contribution in [2.24, 2.45) is 0 Å². The molecular weight excluding hydrogens is 988 g/mol. The molecule has 0 saturated heterocycles. The van der Waals surface area contributed by atoms with Crippen LogP contribution in [0.4, 0.5) is 22.7 Å². The number of benzene rings is 8. The summed E-state index contributed by atoms with van der Waals surface area (Å²) < 4.78 is 129. The van der Waals surface area contributed by atoms with E-state index in [-0.39, 0.29) is 108 Å². The van der Waals surface area contributed by atoms with Crippen molar-refractivity contribution in [3.8, 4) is 50.7 Å². The third-order valence-corrected chi connectivity index (χ3v) is 11.5. The van der Waals surface area contributed by atoms with Crippen molar-refractivity contribution in [3.63, 3.8) is 0 Å². The zero-order chi connectivity index (χ0) is 56.2. The molecule has 2 aromatic heterocycles. The molecule has 0 atom stereocenters. The first-order valence-corrected chi connectivity index (χ1v) is 21.0. The van der Waals surface area contributed by atoms with E-state index in [1.165, 1.54) is 22.9 Å². The van der Waals surface area contributed by atoms with Gasteiger partial charge in [-0.2, -0.15) is 12.1 Å². The van der Waals surface area contributed by atoms with Crippen LogP contribution in [0.5, 0.6) is 11.5 Å². The van der Waals surface area contributed by atoms with Crippen LogP contribution in [0, 0.1) is 32.5 Å². The fraction of sp³-hybridized carbons (Fsp3) is 0.100. The van der Waals surface area contributed by atoms with Crippen molar-refractivity contribution in [2.45, 2.75) is 39.9 Å². The molecule has 0 radical (unpaired) electrons. The fourth-order valence-electron chi connectivity index (χ4n) is 8.34. The molecule has 1 aliphatic heterocycles. The smallest absolute Gasteiger partial charge is 0.135 e. The first-order chi connectivity index (χ1) is 37.4. The number of aromatic nitrogens is 2. The second-order valence-corrected chi connectivity index (χ2v) is 16.7. The number of ether oxygens (including phenoxy) is 1. The summed E-state index contributed by atoms with van der Waals surface area (Å²) in [7, 11) is 0. The number of rotatable bonds is 8. The maximum absolute atomic E-state index is 9.70.